The first-order valence-electron chi connectivity index (χ1n) is 7.30. The van der Waals surface area contributed by atoms with Crippen molar-refractivity contribution in [1.29, 1.82) is 0 Å². The minimum atomic E-state index is -2.82. The van der Waals surface area contributed by atoms with E-state index in [9.17, 15) is 13.6 Å². The zero-order valence-corrected chi connectivity index (χ0v) is 11.5. The number of halogens is 2. The van der Waals surface area contributed by atoms with Gasteiger partial charge in [0.2, 0.25) is 5.91 Å². The van der Waals surface area contributed by atoms with E-state index in [0.717, 1.165) is 45.3 Å². The molecule has 0 aromatic heterocycles. The Hall–Kier alpha value is -0.790. The number of amides is 1. The molecule has 2 heterocycles. The number of piperidine rings is 1. The van der Waals surface area contributed by atoms with Gasteiger partial charge in [0.1, 0.15) is 6.10 Å². The molecule has 1 amide bonds. The van der Waals surface area contributed by atoms with Gasteiger partial charge in [-0.3, -0.25) is 9.69 Å². The van der Waals surface area contributed by atoms with E-state index in [1.54, 1.807) is 0 Å². The number of likely N-dealkylation sites (tertiary alicyclic amines) is 1. The van der Waals surface area contributed by atoms with E-state index in [1.807, 2.05) is 0 Å². The van der Waals surface area contributed by atoms with Gasteiger partial charge in [0, 0.05) is 12.6 Å². The Morgan fingerprint density at radius 2 is 2.05 bits per heavy atom. The second kappa shape index (κ2) is 7.28. The van der Waals surface area contributed by atoms with Crippen molar-refractivity contribution in [3.63, 3.8) is 0 Å². The van der Waals surface area contributed by atoms with Gasteiger partial charge < -0.3 is 15.7 Å². The Balaban J connectivity index is 1.84. The maximum atomic E-state index is 12.2. The molecule has 7 heteroatoms. The van der Waals surface area contributed by atoms with Crippen LogP contribution in [-0.4, -0.2) is 66.7 Å². The quantitative estimate of drug-likeness (QED) is 0.664. The van der Waals surface area contributed by atoms with Gasteiger partial charge in [0.05, 0.1) is 6.04 Å². The highest BCUT2D eigenvalue weighted by molar-refractivity contribution is 5.82. The van der Waals surface area contributed by atoms with Crippen molar-refractivity contribution in [3.05, 3.63) is 0 Å². The highest BCUT2D eigenvalue weighted by Crippen LogP contribution is 2.24. The number of hydrogen-bond acceptors (Lipinski definition) is 4. The third-order valence-corrected chi connectivity index (χ3v) is 4.15. The Labute approximate surface area is 117 Å². The molecule has 20 heavy (non-hydrogen) atoms. The largest absolute Gasteiger partial charge is 0.385 e. The van der Waals surface area contributed by atoms with Gasteiger partial charge in [0.15, 0.2) is 0 Å². The molecule has 0 aliphatic carbocycles. The predicted molar refractivity (Wildman–Crippen MR) is 70.6 cm³/mol. The van der Waals surface area contributed by atoms with Crippen LogP contribution < -0.4 is 10.6 Å². The van der Waals surface area contributed by atoms with Gasteiger partial charge in [-0.05, 0) is 45.3 Å². The zero-order chi connectivity index (χ0) is 14.5. The number of aliphatic hydroxyl groups excluding tert-OH is 1. The Morgan fingerprint density at radius 3 is 2.70 bits per heavy atom. The average molecular weight is 291 g/mol. The average Bonchev–Trinajstić information content (AvgIpc) is 2.94. The van der Waals surface area contributed by atoms with E-state index in [1.165, 1.54) is 0 Å². The third-order valence-electron chi connectivity index (χ3n) is 4.15. The van der Waals surface area contributed by atoms with Crippen LogP contribution in [0.1, 0.15) is 25.7 Å². The molecule has 0 saturated carbocycles. The lowest BCUT2D eigenvalue weighted by Gasteiger charge is -2.35. The molecule has 0 spiro atoms. The summed E-state index contributed by atoms with van der Waals surface area (Å²) in [7, 11) is 0. The highest BCUT2D eigenvalue weighted by Gasteiger charge is 2.35. The molecule has 2 aliphatic rings. The second-order valence-electron chi connectivity index (χ2n) is 5.52. The predicted octanol–water partition coefficient (Wildman–Crippen LogP) is -0.0550. The molecular formula is C13H23F2N3O2. The minimum absolute atomic E-state index is 0.233. The van der Waals surface area contributed by atoms with Gasteiger partial charge >= 0.3 is 0 Å². The smallest absolute Gasteiger partial charge is 0.265 e. The van der Waals surface area contributed by atoms with Crippen LogP contribution in [0.25, 0.3) is 0 Å². The zero-order valence-electron chi connectivity index (χ0n) is 11.5. The number of nitrogens with zero attached hydrogens (tertiary/aromatic N) is 1. The first kappa shape index (κ1) is 15.6. The van der Waals surface area contributed by atoms with Crippen LogP contribution in [0.4, 0.5) is 8.78 Å². The summed E-state index contributed by atoms with van der Waals surface area (Å²) in [6, 6.07) is 0.164. The van der Waals surface area contributed by atoms with E-state index in [-0.39, 0.29) is 18.5 Å². The van der Waals surface area contributed by atoms with E-state index in [0.29, 0.717) is 6.04 Å². The van der Waals surface area contributed by atoms with Crippen LogP contribution >= 0.6 is 0 Å². The molecule has 2 unspecified atom stereocenters. The number of carbonyl (C=O) groups is 1. The molecule has 0 radical (unpaired) electrons. The normalized spacial score (nSPS) is 26.9. The molecule has 2 aliphatic heterocycles. The standard InChI is InChI=1S/C13H23F2N3O2/c14-12(15)11(19)8-17-13(20)10-2-1-7-18(10)9-3-5-16-6-4-9/h9-12,16,19H,1-8H2,(H,17,20). The molecule has 0 bridgehead atoms. The maximum absolute atomic E-state index is 12.2. The van der Waals surface area contributed by atoms with Crippen LogP contribution in [0.3, 0.4) is 0 Å². The molecular weight excluding hydrogens is 268 g/mol. The van der Waals surface area contributed by atoms with E-state index in [2.05, 4.69) is 15.5 Å². The van der Waals surface area contributed by atoms with Gasteiger partial charge in [-0.1, -0.05) is 0 Å². The van der Waals surface area contributed by atoms with Crippen molar-refractivity contribution in [1.82, 2.24) is 15.5 Å². The number of rotatable bonds is 5. The van der Waals surface area contributed by atoms with Crippen molar-refractivity contribution in [2.45, 2.75) is 50.3 Å². The van der Waals surface area contributed by atoms with Crippen molar-refractivity contribution in [2.24, 2.45) is 0 Å². The Bertz CT molecular complexity index is 325. The number of alkyl halides is 2. The van der Waals surface area contributed by atoms with E-state index < -0.39 is 12.5 Å². The molecule has 2 saturated heterocycles. The lowest BCUT2D eigenvalue weighted by Crippen LogP contribution is -2.51. The van der Waals surface area contributed by atoms with E-state index in [4.69, 9.17) is 5.11 Å². The molecule has 116 valence electrons. The van der Waals surface area contributed by atoms with Gasteiger partial charge in [0.25, 0.3) is 6.43 Å². The summed E-state index contributed by atoms with van der Waals surface area (Å²) in [5, 5.41) is 14.8. The molecule has 2 atom stereocenters. The van der Waals surface area contributed by atoms with Crippen LogP contribution in [0.2, 0.25) is 0 Å². The fourth-order valence-electron chi connectivity index (χ4n) is 3.06. The summed E-state index contributed by atoms with van der Waals surface area (Å²) in [6.45, 7) is 2.42. The van der Waals surface area contributed by atoms with Gasteiger partial charge in [-0.2, -0.15) is 0 Å². The Morgan fingerprint density at radius 1 is 1.35 bits per heavy atom. The molecule has 2 fully saturated rings. The molecule has 0 aromatic carbocycles. The lowest BCUT2D eigenvalue weighted by molar-refractivity contribution is -0.127. The second-order valence-corrected chi connectivity index (χ2v) is 5.52. The first-order chi connectivity index (χ1) is 9.59. The molecule has 3 N–H and O–H groups in total. The van der Waals surface area contributed by atoms with Crippen LogP contribution in [0.15, 0.2) is 0 Å². The molecule has 5 nitrogen and oxygen atoms in total. The summed E-state index contributed by atoms with van der Waals surface area (Å²) in [4.78, 5) is 14.3. The number of aliphatic hydroxyl groups is 1. The van der Waals surface area contributed by atoms with Gasteiger partial charge in [-0.25, -0.2) is 8.78 Å². The van der Waals surface area contributed by atoms with Crippen molar-refractivity contribution in [2.75, 3.05) is 26.2 Å². The number of hydrogen-bond donors (Lipinski definition) is 3. The Kier molecular flexibility index (Phi) is 5.68. The van der Waals surface area contributed by atoms with Crippen molar-refractivity contribution < 1.29 is 18.7 Å². The van der Waals surface area contributed by atoms with Crippen molar-refractivity contribution in [3.8, 4) is 0 Å². The fourth-order valence-corrected chi connectivity index (χ4v) is 3.06. The van der Waals surface area contributed by atoms with E-state index >= 15 is 0 Å². The van der Waals surface area contributed by atoms with Crippen LogP contribution in [0, 0.1) is 0 Å². The SMILES string of the molecule is O=C(NCC(O)C(F)F)C1CCCN1C1CCNCC1. The summed E-state index contributed by atoms with van der Waals surface area (Å²) >= 11 is 0. The van der Waals surface area contributed by atoms with Gasteiger partial charge in [-0.15, -0.1) is 0 Å². The lowest BCUT2D eigenvalue weighted by atomic mass is 10.0. The maximum Gasteiger partial charge on any atom is 0.265 e. The summed E-state index contributed by atoms with van der Waals surface area (Å²) < 4.78 is 24.4. The molecule has 2 rings (SSSR count). The minimum Gasteiger partial charge on any atom is -0.385 e. The summed E-state index contributed by atoms with van der Waals surface area (Å²) in [5.74, 6) is -0.235. The first-order valence-corrected chi connectivity index (χ1v) is 7.30. The topological polar surface area (TPSA) is 64.6 Å². The van der Waals surface area contributed by atoms with Crippen LogP contribution in [0.5, 0.6) is 0 Å². The number of carbonyl (C=O) groups excluding carboxylic acids is 1. The van der Waals surface area contributed by atoms with Crippen LogP contribution in [-0.2, 0) is 4.79 Å². The monoisotopic (exact) mass is 291 g/mol. The fraction of sp³-hybridized carbons (Fsp3) is 0.923. The van der Waals surface area contributed by atoms with Crippen molar-refractivity contribution >= 4 is 5.91 Å². The number of nitrogens with one attached hydrogen (secondary N) is 2. The third kappa shape index (κ3) is 3.86. The highest BCUT2D eigenvalue weighted by atomic mass is 19.3. The summed E-state index contributed by atoms with van der Waals surface area (Å²) in [6.07, 6.45) is -0.848. The summed E-state index contributed by atoms with van der Waals surface area (Å²) in [5.41, 5.74) is 0. The molecule has 0 aromatic rings.